The Hall–Kier alpha value is -4.90. The van der Waals surface area contributed by atoms with Gasteiger partial charge in [0.25, 0.3) is 5.91 Å². The minimum atomic E-state index is -0.907. The Morgan fingerprint density at radius 1 is 1.00 bits per heavy atom. The molecule has 2 fully saturated rings. The second-order valence-electron chi connectivity index (χ2n) is 12.8. The van der Waals surface area contributed by atoms with Crippen LogP contribution in [0.5, 0.6) is 0 Å². The lowest BCUT2D eigenvalue weighted by atomic mass is 10.00. The van der Waals surface area contributed by atoms with E-state index in [-0.39, 0.29) is 29.7 Å². The van der Waals surface area contributed by atoms with Crippen molar-refractivity contribution in [1.29, 1.82) is 0 Å². The fourth-order valence-corrected chi connectivity index (χ4v) is 7.25. The predicted octanol–water partition coefficient (Wildman–Crippen LogP) is 5.88. The quantitative estimate of drug-likeness (QED) is 0.182. The van der Waals surface area contributed by atoms with E-state index in [1.165, 1.54) is 28.8 Å². The molecule has 0 radical (unpaired) electrons. The minimum Gasteiger partial charge on any atom is -0.448 e. The highest BCUT2D eigenvalue weighted by atomic mass is 32.2. The van der Waals surface area contributed by atoms with Gasteiger partial charge in [0.15, 0.2) is 6.10 Å². The van der Waals surface area contributed by atoms with Gasteiger partial charge in [0.1, 0.15) is 28.5 Å². The highest BCUT2D eigenvalue weighted by Crippen LogP contribution is 2.42. The zero-order valence-electron chi connectivity index (χ0n) is 26.9. The molecule has 9 nitrogen and oxygen atoms in total. The minimum absolute atomic E-state index is 0.0340. The van der Waals surface area contributed by atoms with Crippen molar-refractivity contribution in [2.75, 3.05) is 12.3 Å². The molecule has 2 atom stereocenters. The molecular formula is C37H36FN3O6S. The first-order valence-corrected chi connectivity index (χ1v) is 16.8. The summed E-state index contributed by atoms with van der Waals surface area (Å²) < 4.78 is 25.4. The molecule has 2 saturated heterocycles. The number of esters is 1. The van der Waals surface area contributed by atoms with Crippen LogP contribution < -0.4 is 5.32 Å². The highest BCUT2D eigenvalue weighted by Gasteiger charge is 2.55. The number of amides is 3. The third-order valence-corrected chi connectivity index (χ3v) is 9.42. The molecular weight excluding hydrogens is 633 g/mol. The molecule has 3 aromatic carbocycles. The summed E-state index contributed by atoms with van der Waals surface area (Å²) in [5.74, 6) is -1.52. The predicted molar refractivity (Wildman–Crippen MR) is 179 cm³/mol. The number of carbonyl (C=O) groups excluding carboxylic acids is 4. The number of carbonyl (C=O) groups is 4. The van der Waals surface area contributed by atoms with Crippen LogP contribution >= 0.6 is 11.8 Å². The summed E-state index contributed by atoms with van der Waals surface area (Å²) in [5.41, 5.74) is 2.39. The van der Waals surface area contributed by atoms with Crippen molar-refractivity contribution in [3.05, 3.63) is 130 Å². The van der Waals surface area contributed by atoms with E-state index in [0.717, 1.165) is 11.1 Å². The van der Waals surface area contributed by atoms with E-state index in [9.17, 15) is 23.6 Å². The van der Waals surface area contributed by atoms with Crippen LogP contribution in [0.1, 0.15) is 50.0 Å². The molecule has 48 heavy (non-hydrogen) atoms. The number of thioether (sulfide) groups is 1. The van der Waals surface area contributed by atoms with Crippen LogP contribution in [0.4, 0.5) is 9.18 Å². The van der Waals surface area contributed by atoms with Gasteiger partial charge in [-0.2, -0.15) is 0 Å². The molecule has 0 spiro atoms. The molecule has 3 aliphatic rings. The molecule has 1 N–H and O–H groups in total. The summed E-state index contributed by atoms with van der Waals surface area (Å²) in [6.07, 6.45) is 0.596. The van der Waals surface area contributed by atoms with Gasteiger partial charge >= 0.3 is 12.1 Å². The number of likely N-dealkylation sites (tertiary alicyclic amines) is 1. The molecule has 0 aromatic heterocycles. The van der Waals surface area contributed by atoms with Crippen LogP contribution in [0, 0.1) is 5.82 Å². The maximum Gasteiger partial charge on any atom is 0.408 e. The van der Waals surface area contributed by atoms with Gasteiger partial charge in [0.05, 0.1) is 0 Å². The summed E-state index contributed by atoms with van der Waals surface area (Å²) in [6.45, 7) is 5.86. The van der Waals surface area contributed by atoms with Crippen molar-refractivity contribution in [1.82, 2.24) is 15.1 Å². The summed E-state index contributed by atoms with van der Waals surface area (Å²) in [4.78, 5) is 56.9. The van der Waals surface area contributed by atoms with Crippen molar-refractivity contribution >= 4 is 35.6 Å². The number of fused-ring (bicyclic) bond motifs is 1. The van der Waals surface area contributed by atoms with E-state index in [1.807, 2.05) is 60.7 Å². The fourth-order valence-electron chi connectivity index (χ4n) is 5.94. The maximum absolute atomic E-state index is 14.3. The van der Waals surface area contributed by atoms with Gasteiger partial charge < -0.3 is 19.7 Å². The number of nitrogens with one attached hydrogen (secondary N) is 1. The number of β-lactam (4-membered cyclic amide) rings is 1. The fraction of sp³-hybridized carbons (Fsp3) is 0.297. The van der Waals surface area contributed by atoms with E-state index < -0.39 is 41.1 Å². The van der Waals surface area contributed by atoms with Crippen molar-refractivity contribution in [2.45, 2.75) is 56.9 Å². The van der Waals surface area contributed by atoms with Crippen molar-refractivity contribution in [3.8, 4) is 0 Å². The normalized spacial score (nSPS) is 20.1. The van der Waals surface area contributed by atoms with E-state index in [1.54, 1.807) is 43.9 Å². The van der Waals surface area contributed by atoms with Gasteiger partial charge in [-0.25, -0.2) is 14.0 Å². The monoisotopic (exact) mass is 669 g/mol. The lowest BCUT2D eigenvalue weighted by Crippen LogP contribution is -2.70. The van der Waals surface area contributed by atoms with Gasteiger partial charge in [-0.3, -0.25) is 14.5 Å². The Bertz CT molecular complexity index is 1750. The Morgan fingerprint density at radius 2 is 1.67 bits per heavy atom. The number of ether oxygens (including phenoxy) is 2. The first kappa shape index (κ1) is 33.0. The van der Waals surface area contributed by atoms with E-state index in [4.69, 9.17) is 9.47 Å². The average Bonchev–Trinajstić information content (AvgIpc) is 3.39. The summed E-state index contributed by atoms with van der Waals surface area (Å²) in [6, 6.07) is 23.8. The first-order valence-electron chi connectivity index (χ1n) is 15.7. The Kier molecular flexibility index (Phi) is 9.41. The lowest BCUT2D eigenvalue weighted by molar-refractivity contribution is -0.153. The van der Waals surface area contributed by atoms with Gasteiger partial charge in [-0.1, -0.05) is 72.8 Å². The number of halogens is 1. The second kappa shape index (κ2) is 13.7. The Balaban J connectivity index is 1.32. The number of hydrogen-bond acceptors (Lipinski definition) is 7. The topological polar surface area (TPSA) is 105 Å². The number of benzene rings is 3. The summed E-state index contributed by atoms with van der Waals surface area (Å²) >= 11 is 1.37. The van der Waals surface area contributed by atoms with Gasteiger partial charge in [0.2, 0.25) is 5.91 Å². The molecule has 0 aliphatic carbocycles. The van der Waals surface area contributed by atoms with E-state index in [0.29, 0.717) is 29.7 Å². The third kappa shape index (κ3) is 7.16. The summed E-state index contributed by atoms with van der Waals surface area (Å²) in [7, 11) is 0. The molecule has 3 aromatic rings. The number of allylic oxidation sites excluding steroid dienone is 1. The standard InChI is InChI=1S/C37H36FN3O6S/c1-37(2,3)47-36(45)39-29-33(43)41-30(35(44)46-31(24-12-6-4-7-13-24)25-14-8-5-9-15-25)27(22-48-34(29)41)20-26-17-18-40(32(26)42)21-23-11-10-16-28(38)19-23/h4-16,19-20,29,31,34H,17-18,21-22H2,1-3H3,(H,39,45)/t29-,34-/m1/s1. The highest BCUT2D eigenvalue weighted by molar-refractivity contribution is 8.00. The van der Waals surface area contributed by atoms with Crippen molar-refractivity contribution in [2.24, 2.45) is 0 Å². The van der Waals surface area contributed by atoms with Crippen LogP contribution in [0.3, 0.4) is 0 Å². The van der Waals surface area contributed by atoms with Crippen LogP contribution in [-0.2, 0) is 30.4 Å². The van der Waals surface area contributed by atoms with E-state index >= 15 is 0 Å². The molecule has 3 amide bonds. The zero-order valence-corrected chi connectivity index (χ0v) is 27.7. The molecule has 3 heterocycles. The zero-order chi connectivity index (χ0) is 34.0. The smallest absolute Gasteiger partial charge is 0.408 e. The van der Waals surface area contributed by atoms with Gasteiger partial charge in [-0.15, -0.1) is 11.8 Å². The Morgan fingerprint density at radius 3 is 2.29 bits per heavy atom. The van der Waals surface area contributed by atoms with Crippen molar-refractivity contribution in [3.63, 3.8) is 0 Å². The number of alkyl carbamates (subject to hydrolysis) is 1. The first-order chi connectivity index (χ1) is 23.0. The molecule has 3 aliphatic heterocycles. The van der Waals surface area contributed by atoms with Crippen LogP contribution in [0.15, 0.2) is 108 Å². The van der Waals surface area contributed by atoms with Crippen LogP contribution in [0.25, 0.3) is 0 Å². The third-order valence-electron chi connectivity index (χ3n) is 8.12. The number of rotatable bonds is 8. The summed E-state index contributed by atoms with van der Waals surface area (Å²) in [5, 5.41) is 2.07. The van der Waals surface area contributed by atoms with Crippen molar-refractivity contribution < 1.29 is 33.0 Å². The maximum atomic E-state index is 14.3. The average molecular weight is 670 g/mol. The molecule has 6 rings (SSSR count). The largest absolute Gasteiger partial charge is 0.448 e. The van der Waals surface area contributed by atoms with Crippen LogP contribution in [0.2, 0.25) is 0 Å². The molecule has 0 unspecified atom stereocenters. The molecule has 0 bridgehead atoms. The molecule has 0 saturated carbocycles. The molecule has 248 valence electrons. The number of hydrogen-bond donors (Lipinski definition) is 1. The van der Waals surface area contributed by atoms with Gasteiger partial charge in [-0.05, 0) is 67.7 Å². The number of nitrogens with zero attached hydrogens (tertiary/aromatic N) is 2. The SMILES string of the molecule is CC(C)(C)OC(=O)N[C@@H]1C(=O)N2C(C(=O)OC(c3ccccc3)c3ccccc3)=C(C=C3CCN(Cc4cccc(F)c4)C3=O)CS[C@H]12. The lowest BCUT2D eigenvalue weighted by Gasteiger charge is -2.49. The van der Waals surface area contributed by atoms with E-state index in [2.05, 4.69) is 5.32 Å². The van der Waals surface area contributed by atoms with Crippen LogP contribution in [-0.4, -0.2) is 63.0 Å². The van der Waals surface area contributed by atoms with Gasteiger partial charge in [0, 0.05) is 24.4 Å². The Labute approximate surface area is 282 Å². The second-order valence-corrected chi connectivity index (χ2v) is 13.9. The molecule has 11 heteroatoms.